The van der Waals surface area contributed by atoms with Gasteiger partial charge in [0, 0.05) is 6.42 Å². The highest BCUT2D eigenvalue weighted by Crippen LogP contribution is 1.96. The van der Waals surface area contributed by atoms with Crippen LogP contribution in [-0.4, -0.2) is 12.6 Å². The van der Waals surface area contributed by atoms with E-state index < -0.39 is 0 Å². The van der Waals surface area contributed by atoms with Crippen LogP contribution in [0.2, 0.25) is 0 Å². The first kappa shape index (κ1) is 9.96. The number of hydrogen-bond acceptors (Lipinski definition) is 3. The molecule has 0 fully saturated rings. The maximum atomic E-state index is 10.7. The first-order chi connectivity index (χ1) is 5.16. The summed E-state index contributed by atoms with van der Waals surface area (Å²) in [5, 5.41) is 8.13. The summed E-state index contributed by atoms with van der Waals surface area (Å²) in [6.45, 7) is 4.39. The molecule has 0 aromatic heterocycles. The van der Waals surface area contributed by atoms with Gasteiger partial charge in [-0.15, -0.1) is 0 Å². The predicted octanol–water partition coefficient (Wildman–Crippen LogP) is 1.49. The molecule has 0 N–H and O–H groups in total. The Morgan fingerprint density at radius 1 is 1.64 bits per heavy atom. The highest BCUT2D eigenvalue weighted by molar-refractivity contribution is 5.69. The van der Waals surface area contributed by atoms with E-state index in [0.29, 0.717) is 12.5 Å². The molecular weight excluding hydrogens is 142 g/mol. The molecule has 3 heteroatoms. The van der Waals surface area contributed by atoms with Gasteiger partial charge in [-0.05, 0) is 5.92 Å². The lowest BCUT2D eigenvalue weighted by molar-refractivity contribution is -0.144. The van der Waals surface area contributed by atoms with E-state index in [2.05, 4.69) is 0 Å². The first-order valence-electron chi connectivity index (χ1n) is 3.69. The molecule has 0 saturated heterocycles. The van der Waals surface area contributed by atoms with E-state index in [1.54, 1.807) is 0 Å². The van der Waals surface area contributed by atoms with Crippen molar-refractivity contribution in [3.63, 3.8) is 0 Å². The van der Waals surface area contributed by atoms with Crippen molar-refractivity contribution in [3.8, 4) is 6.07 Å². The summed E-state index contributed by atoms with van der Waals surface area (Å²) < 4.78 is 4.82. The van der Waals surface area contributed by atoms with Crippen LogP contribution in [0.5, 0.6) is 0 Å². The van der Waals surface area contributed by atoms with E-state index in [9.17, 15) is 4.79 Å². The fourth-order valence-corrected chi connectivity index (χ4v) is 0.490. The number of hydrogen-bond donors (Lipinski definition) is 0. The maximum absolute atomic E-state index is 10.7. The van der Waals surface area contributed by atoms with Gasteiger partial charge in [0.15, 0.2) is 0 Å². The van der Waals surface area contributed by atoms with Crippen molar-refractivity contribution < 1.29 is 9.53 Å². The van der Waals surface area contributed by atoms with Crippen molar-refractivity contribution >= 4 is 5.97 Å². The monoisotopic (exact) mass is 155 g/mol. The topological polar surface area (TPSA) is 50.1 Å². The van der Waals surface area contributed by atoms with Crippen molar-refractivity contribution in [2.24, 2.45) is 5.92 Å². The van der Waals surface area contributed by atoms with E-state index >= 15 is 0 Å². The van der Waals surface area contributed by atoms with E-state index in [1.165, 1.54) is 0 Å². The molecule has 0 unspecified atom stereocenters. The van der Waals surface area contributed by atoms with Gasteiger partial charge in [0.25, 0.3) is 0 Å². The Bertz CT molecular complexity index is 158. The molecule has 0 heterocycles. The lowest BCUT2D eigenvalue weighted by Gasteiger charge is -2.04. The zero-order valence-electron chi connectivity index (χ0n) is 6.96. The third-order valence-corrected chi connectivity index (χ3v) is 1.02. The third-order valence-electron chi connectivity index (χ3n) is 1.02. The lowest BCUT2D eigenvalue weighted by Crippen LogP contribution is -2.09. The average Bonchev–Trinajstić information content (AvgIpc) is 1.97. The number of rotatable bonds is 4. The predicted molar refractivity (Wildman–Crippen MR) is 40.6 cm³/mol. The fourth-order valence-electron chi connectivity index (χ4n) is 0.490. The number of esters is 1. The lowest BCUT2D eigenvalue weighted by atomic mass is 10.2. The summed E-state index contributed by atoms with van der Waals surface area (Å²) in [5.41, 5.74) is 0. The smallest absolute Gasteiger partial charge is 0.306 e. The van der Waals surface area contributed by atoms with Crippen LogP contribution in [0.15, 0.2) is 0 Å². The molecule has 62 valence electrons. The number of nitrogens with zero attached hydrogens (tertiary/aromatic N) is 1. The Hall–Kier alpha value is -1.04. The van der Waals surface area contributed by atoms with Gasteiger partial charge >= 0.3 is 5.97 Å². The van der Waals surface area contributed by atoms with Gasteiger partial charge in [-0.3, -0.25) is 4.79 Å². The molecule has 0 aliphatic carbocycles. The summed E-state index contributed by atoms with van der Waals surface area (Å²) in [7, 11) is 0. The summed E-state index contributed by atoms with van der Waals surface area (Å²) >= 11 is 0. The van der Waals surface area contributed by atoms with Crippen LogP contribution in [-0.2, 0) is 9.53 Å². The second-order valence-electron chi connectivity index (χ2n) is 2.73. The minimum atomic E-state index is -0.278. The van der Waals surface area contributed by atoms with Gasteiger partial charge in [0.05, 0.1) is 19.1 Å². The van der Waals surface area contributed by atoms with E-state index in [-0.39, 0.29) is 18.8 Å². The summed E-state index contributed by atoms with van der Waals surface area (Å²) in [5.74, 6) is 0.0845. The minimum absolute atomic E-state index is 0.212. The molecule has 0 bridgehead atoms. The first-order valence-corrected chi connectivity index (χ1v) is 3.69. The fraction of sp³-hybridized carbons (Fsp3) is 0.750. The molecule has 3 nitrogen and oxygen atoms in total. The average molecular weight is 155 g/mol. The number of nitriles is 1. The van der Waals surface area contributed by atoms with Crippen LogP contribution >= 0.6 is 0 Å². The van der Waals surface area contributed by atoms with E-state index in [1.807, 2.05) is 19.9 Å². The van der Waals surface area contributed by atoms with Crippen LogP contribution in [0, 0.1) is 17.2 Å². The Balaban J connectivity index is 3.32. The van der Waals surface area contributed by atoms with E-state index in [4.69, 9.17) is 10.00 Å². The van der Waals surface area contributed by atoms with Gasteiger partial charge in [0.2, 0.25) is 0 Å². The van der Waals surface area contributed by atoms with Crippen LogP contribution < -0.4 is 0 Å². The second-order valence-corrected chi connectivity index (χ2v) is 2.73. The Morgan fingerprint density at radius 3 is 2.73 bits per heavy atom. The molecule has 0 spiro atoms. The van der Waals surface area contributed by atoms with Crippen molar-refractivity contribution in [2.75, 3.05) is 6.61 Å². The molecular formula is C8H13NO2. The molecule has 0 aromatic rings. The summed E-state index contributed by atoms with van der Waals surface area (Å²) in [6.07, 6.45) is 0.458. The molecule has 0 atom stereocenters. The second kappa shape index (κ2) is 5.72. The molecule has 0 saturated carbocycles. The SMILES string of the molecule is CC(C)COC(=O)CCC#N. The summed E-state index contributed by atoms with van der Waals surface area (Å²) in [4.78, 5) is 10.7. The molecule has 0 radical (unpaired) electrons. The van der Waals surface area contributed by atoms with Crippen LogP contribution in [0.3, 0.4) is 0 Å². The van der Waals surface area contributed by atoms with Crippen LogP contribution in [0.4, 0.5) is 0 Å². The summed E-state index contributed by atoms with van der Waals surface area (Å²) in [6, 6.07) is 1.89. The standard InChI is InChI=1S/C8H13NO2/c1-7(2)6-11-8(10)4-3-5-9/h7H,3-4,6H2,1-2H3. The molecule has 0 rings (SSSR count). The van der Waals surface area contributed by atoms with Crippen LogP contribution in [0.1, 0.15) is 26.7 Å². The zero-order valence-corrected chi connectivity index (χ0v) is 6.96. The van der Waals surface area contributed by atoms with E-state index in [0.717, 1.165) is 0 Å². The van der Waals surface area contributed by atoms with Crippen molar-refractivity contribution in [3.05, 3.63) is 0 Å². The molecule has 0 aromatic carbocycles. The van der Waals surface area contributed by atoms with Gasteiger partial charge < -0.3 is 4.74 Å². The van der Waals surface area contributed by atoms with Gasteiger partial charge in [-0.2, -0.15) is 5.26 Å². The number of carbonyl (C=O) groups is 1. The van der Waals surface area contributed by atoms with Gasteiger partial charge in [-0.1, -0.05) is 13.8 Å². The Kier molecular flexibility index (Phi) is 5.18. The molecule has 11 heavy (non-hydrogen) atoms. The Labute approximate surface area is 67.0 Å². The van der Waals surface area contributed by atoms with Gasteiger partial charge in [-0.25, -0.2) is 0 Å². The van der Waals surface area contributed by atoms with Crippen LogP contribution in [0.25, 0.3) is 0 Å². The van der Waals surface area contributed by atoms with Crippen molar-refractivity contribution in [1.29, 1.82) is 5.26 Å². The normalized spacial score (nSPS) is 9.27. The molecule has 0 amide bonds. The number of carbonyl (C=O) groups excluding carboxylic acids is 1. The number of ether oxygens (including phenoxy) is 1. The van der Waals surface area contributed by atoms with Crippen molar-refractivity contribution in [2.45, 2.75) is 26.7 Å². The Morgan fingerprint density at radius 2 is 2.27 bits per heavy atom. The zero-order chi connectivity index (χ0) is 8.69. The third kappa shape index (κ3) is 6.85. The van der Waals surface area contributed by atoms with Gasteiger partial charge in [0.1, 0.15) is 0 Å². The highest BCUT2D eigenvalue weighted by atomic mass is 16.5. The quantitative estimate of drug-likeness (QED) is 0.578. The highest BCUT2D eigenvalue weighted by Gasteiger charge is 2.02. The minimum Gasteiger partial charge on any atom is -0.465 e. The maximum Gasteiger partial charge on any atom is 0.306 e. The van der Waals surface area contributed by atoms with Crippen molar-refractivity contribution in [1.82, 2.24) is 0 Å². The molecule has 0 aliphatic heterocycles. The largest absolute Gasteiger partial charge is 0.465 e. The molecule has 0 aliphatic rings.